The monoisotopic (exact) mass is 242 g/mol. The number of carboxylic acid groups (broad SMARTS) is 1. The Kier molecular flexibility index (Phi) is 4.78. The first kappa shape index (κ1) is 13.8. The average Bonchev–Trinajstić information content (AvgIpc) is 2.30. The molecule has 0 aromatic heterocycles. The molecule has 2 amide bonds. The Morgan fingerprint density at radius 1 is 1.35 bits per heavy atom. The Morgan fingerprint density at radius 3 is 2.41 bits per heavy atom. The topological polar surface area (TPSA) is 69.6 Å². The third kappa shape index (κ3) is 3.61. The number of piperidine rings is 1. The Bertz CT molecular complexity index is 283. The zero-order chi connectivity index (χ0) is 12.9. The Morgan fingerprint density at radius 2 is 1.94 bits per heavy atom. The predicted octanol–water partition coefficient (Wildman–Crippen LogP) is 1.68. The molecule has 0 radical (unpaired) electrons. The van der Waals surface area contributed by atoms with E-state index in [1.165, 1.54) is 0 Å². The van der Waals surface area contributed by atoms with Gasteiger partial charge in [0.2, 0.25) is 0 Å². The Balaban J connectivity index is 2.36. The van der Waals surface area contributed by atoms with E-state index in [-0.39, 0.29) is 6.03 Å². The lowest BCUT2D eigenvalue weighted by molar-refractivity contribution is -0.150. The summed E-state index contributed by atoms with van der Waals surface area (Å²) in [4.78, 5) is 24.5. The standard InChI is InChI=1S/C12H22N2O3/c1-3-4-7-13-11(17)14-8-5-12(2,6-9-14)10(15)16/h3-9H2,1-2H3,(H,13,17)(H,15,16). The van der Waals surface area contributed by atoms with E-state index in [0.717, 1.165) is 12.8 Å². The van der Waals surface area contributed by atoms with Crippen molar-refractivity contribution in [1.82, 2.24) is 10.2 Å². The van der Waals surface area contributed by atoms with E-state index in [1.54, 1.807) is 11.8 Å². The van der Waals surface area contributed by atoms with Gasteiger partial charge in [-0.2, -0.15) is 0 Å². The summed E-state index contributed by atoms with van der Waals surface area (Å²) >= 11 is 0. The number of urea groups is 1. The van der Waals surface area contributed by atoms with Crippen LogP contribution < -0.4 is 5.32 Å². The number of rotatable bonds is 4. The van der Waals surface area contributed by atoms with E-state index in [9.17, 15) is 9.59 Å². The molecule has 0 spiro atoms. The number of hydrogen-bond acceptors (Lipinski definition) is 2. The molecule has 1 aliphatic heterocycles. The summed E-state index contributed by atoms with van der Waals surface area (Å²) < 4.78 is 0. The van der Waals surface area contributed by atoms with Gasteiger partial charge in [0.25, 0.3) is 0 Å². The molecule has 2 N–H and O–H groups in total. The molecular weight excluding hydrogens is 220 g/mol. The van der Waals surface area contributed by atoms with Gasteiger partial charge in [-0.1, -0.05) is 13.3 Å². The minimum absolute atomic E-state index is 0.0640. The van der Waals surface area contributed by atoms with Crippen molar-refractivity contribution in [3.8, 4) is 0 Å². The highest BCUT2D eigenvalue weighted by Crippen LogP contribution is 2.30. The van der Waals surface area contributed by atoms with Crippen LogP contribution in [0.3, 0.4) is 0 Å². The van der Waals surface area contributed by atoms with Crippen LogP contribution in [0.4, 0.5) is 4.79 Å². The molecule has 17 heavy (non-hydrogen) atoms. The largest absolute Gasteiger partial charge is 0.481 e. The number of amides is 2. The highest BCUT2D eigenvalue weighted by molar-refractivity contribution is 5.76. The van der Waals surface area contributed by atoms with Gasteiger partial charge in [0.1, 0.15) is 0 Å². The second-order valence-electron chi connectivity index (χ2n) is 4.94. The van der Waals surface area contributed by atoms with Gasteiger partial charge in [0, 0.05) is 19.6 Å². The van der Waals surface area contributed by atoms with Gasteiger partial charge in [-0.25, -0.2) is 4.79 Å². The number of hydrogen-bond donors (Lipinski definition) is 2. The number of carbonyl (C=O) groups excluding carboxylic acids is 1. The molecule has 0 unspecified atom stereocenters. The van der Waals surface area contributed by atoms with Crippen LogP contribution in [0.5, 0.6) is 0 Å². The Hall–Kier alpha value is -1.26. The SMILES string of the molecule is CCCCNC(=O)N1CCC(C)(C(=O)O)CC1. The molecule has 0 aliphatic carbocycles. The highest BCUT2D eigenvalue weighted by Gasteiger charge is 2.37. The summed E-state index contributed by atoms with van der Waals surface area (Å²) in [6, 6.07) is -0.0640. The predicted molar refractivity (Wildman–Crippen MR) is 64.9 cm³/mol. The van der Waals surface area contributed by atoms with Crippen LogP contribution in [-0.2, 0) is 4.79 Å². The number of nitrogens with one attached hydrogen (secondary N) is 1. The summed E-state index contributed by atoms with van der Waals surface area (Å²) in [7, 11) is 0. The lowest BCUT2D eigenvalue weighted by Gasteiger charge is -2.36. The fraction of sp³-hybridized carbons (Fsp3) is 0.833. The summed E-state index contributed by atoms with van der Waals surface area (Å²) in [6.07, 6.45) is 3.09. The third-order valence-electron chi connectivity index (χ3n) is 3.48. The maximum atomic E-state index is 11.7. The average molecular weight is 242 g/mol. The van der Waals surface area contributed by atoms with Crippen LogP contribution in [0.25, 0.3) is 0 Å². The summed E-state index contributed by atoms with van der Waals surface area (Å²) in [5.41, 5.74) is -0.666. The molecule has 0 aromatic rings. The first-order chi connectivity index (χ1) is 7.99. The normalized spacial score (nSPS) is 18.8. The number of carboxylic acids is 1. The molecule has 1 fully saturated rings. The van der Waals surface area contributed by atoms with Crippen molar-refractivity contribution in [2.24, 2.45) is 5.41 Å². The van der Waals surface area contributed by atoms with Gasteiger partial charge >= 0.3 is 12.0 Å². The molecule has 0 aromatic carbocycles. The summed E-state index contributed by atoms with van der Waals surface area (Å²) in [6.45, 7) is 5.58. The van der Waals surface area contributed by atoms with E-state index >= 15 is 0 Å². The molecule has 5 nitrogen and oxygen atoms in total. The number of carbonyl (C=O) groups is 2. The number of likely N-dealkylation sites (tertiary alicyclic amines) is 1. The fourth-order valence-corrected chi connectivity index (χ4v) is 1.90. The molecule has 5 heteroatoms. The van der Waals surface area contributed by atoms with Crippen LogP contribution in [0.2, 0.25) is 0 Å². The second kappa shape index (κ2) is 5.89. The van der Waals surface area contributed by atoms with Gasteiger partial charge < -0.3 is 15.3 Å². The van der Waals surface area contributed by atoms with E-state index in [4.69, 9.17) is 5.11 Å². The van der Waals surface area contributed by atoms with Crippen LogP contribution in [0, 0.1) is 5.41 Å². The molecule has 1 rings (SSSR count). The van der Waals surface area contributed by atoms with E-state index in [0.29, 0.717) is 32.5 Å². The van der Waals surface area contributed by atoms with Gasteiger partial charge in [0.05, 0.1) is 5.41 Å². The quantitative estimate of drug-likeness (QED) is 0.737. The van der Waals surface area contributed by atoms with Crippen molar-refractivity contribution in [2.75, 3.05) is 19.6 Å². The number of aliphatic carboxylic acids is 1. The maximum absolute atomic E-state index is 11.7. The van der Waals surface area contributed by atoms with Crippen molar-refractivity contribution in [3.63, 3.8) is 0 Å². The number of unbranched alkanes of at least 4 members (excludes halogenated alkanes) is 1. The van der Waals surface area contributed by atoms with Gasteiger partial charge in [-0.05, 0) is 26.2 Å². The fourth-order valence-electron chi connectivity index (χ4n) is 1.90. The first-order valence-corrected chi connectivity index (χ1v) is 6.26. The van der Waals surface area contributed by atoms with Crippen molar-refractivity contribution >= 4 is 12.0 Å². The maximum Gasteiger partial charge on any atom is 0.317 e. The summed E-state index contributed by atoms with van der Waals surface area (Å²) in [5, 5.41) is 11.9. The molecule has 1 heterocycles. The first-order valence-electron chi connectivity index (χ1n) is 6.26. The molecule has 0 bridgehead atoms. The third-order valence-corrected chi connectivity index (χ3v) is 3.48. The smallest absolute Gasteiger partial charge is 0.317 e. The van der Waals surface area contributed by atoms with Gasteiger partial charge in [0.15, 0.2) is 0 Å². The van der Waals surface area contributed by atoms with Crippen LogP contribution in [-0.4, -0.2) is 41.6 Å². The summed E-state index contributed by atoms with van der Waals surface area (Å²) in [5.74, 6) is -0.761. The second-order valence-corrected chi connectivity index (χ2v) is 4.94. The van der Waals surface area contributed by atoms with Gasteiger partial charge in [-0.3, -0.25) is 4.79 Å². The molecular formula is C12H22N2O3. The molecule has 0 saturated carbocycles. The zero-order valence-electron chi connectivity index (χ0n) is 10.7. The van der Waals surface area contributed by atoms with Crippen molar-refractivity contribution < 1.29 is 14.7 Å². The highest BCUT2D eigenvalue weighted by atomic mass is 16.4. The van der Waals surface area contributed by atoms with Gasteiger partial charge in [-0.15, -0.1) is 0 Å². The Labute approximate surface area is 102 Å². The van der Waals surface area contributed by atoms with E-state index < -0.39 is 11.4 Å². The molecule has 1 aliphatic rings. The molecule has 1 saturated heterocycles. The zero-order valence-corrected chi connectivity index (χ0v) is 10.7. The number of nitrogens with zero attached hydrogens (tertiary/aromatic N) is 1. The van der Waals surface area contributed by atoms with E-state index in [2.05, 4.69) is 12.2 Å². The van der Waals surface area contributed by atoms with Crippen molar-refractivity contribution in [2.45, 2.75) is 39.5 Å². The van der Waals surface area contributed by atoms with Crippen molar-refractivity contribution in [3.05, 3.63) is 0 Å². The van der Waals surface area contributed by atoms with Crippen LogP contribution in [0.15, 0.2) is 0 Å². The minimum atomic E-state index is -0.761. The lowest BCUT2D eigenvalue weighted by atomic mass is 9.80. The van der Waals surface area contributed by atoms with E-state index in [1.807, 2.05) is 0 Å². The van der Waals surface area contributed by atoms with Crippen molar-refractivity contribution in [1.29, 1.82) is 0 Å². The lowest BCUT2D eigenvalue weighted by Crippen LogP contribution is -2.48. The van der Waals surface area contributed by atoms with Crippen LogP contribution >= 0.6 is 0 Å². The molecule has 98 valence electrons. The van der Waals surface area contributed by atoms with Crippen LogP contribution in [0.1, 0.15) is 39.5 Å². The minimum Gasteiger partial charge on any atom is -0.481 e. The molecule has 0 atom stereocenters.